The highest BCUT2D eigenvalue weighted by molar-refractivity contribution is 5.80. The molecule has 4 N–H and O–H groups in total. The van der Waals surface area contributed by atoms with Crippen LogP contribution in [0.3, 0.4) is 0 Å². The summed E-state index contributed by atoms with van der Waals surface area (Å²) >= 11 is 0. The fraction of sp³-hybridized carbons (Fsp3) is 0.167. The van der Waals surface area contributed by atoms with Crippen LogP contribution in [0.4, 0.5) is 0 Å². The predicted octanol–water partition coefficient (Wildman–Crippen LogP) is 1.24. The van der Waals surface area contributed by atoms with Crippen molar-refractivity contribution in [3.8, 4) is 0 Å². The SMILES string of the molecule is [NH3+][C@@H](CCC(=O)NC(c1ccccc1)(c1ccccc1)c1ccccc1)C(=O)[O-]. The Morgan fingerprint density at radius 1 is 0.793 bits per heavy atom. The summed E-state index contributed by atoms with van der Waals surface area (Å²) in [6.45, 7) is 0. The van der Waals surface area contributed by atoms with E-state index in [0.717, 1.165) is 16.7 Å². The van der Waals surface area contributed by atoms with Crippen molar-refractivity contribution >= 4 is 11.9 Å². The second-order valence-corrected chi connectivity index (χ2v) is 6.95. The minimum absolute atomic E-state index is 0.0381. The van der Waals surface area contributed by atoms with E-state index < -0.39 is 17.6 Å². The molecule has 0 saturated heterocycles. The van der Waals surface area contributed by atoms with Crippen molar-refractivity contribution in [2.75, 3.05) is 0 Å². The number of carbonyl (C=O) groups excluding carboxylic acids is 2. The van der Waals surface area contributed by atoms with E-state index >= 15 is 0 Å². The predicted molar refractivity (Wildman–Crippen MR) is 108 cm³/mol. The molecule has 0 radical (unpaired) electrons. The molecule has 3 aromatic carbocycles. The fourth-order valence-corrected chi connectivity index (χ4v) is 3.48. The normalized spacial score (nSPS) is 12.2. The first-order valence-corrected chi connectivity index (χ1v) is 9.55. The van der Waals surface area contributed by atoms with Crippen LogP contribution in [0.25, 0.3) is 0 Å². The Hall–Kier alpha value is -3.44. The first kappa shape index (κ1) is 20.3. The van der Waals surface area contributed by atoms with Gasteiger partial charge in [0.25, 0.3) is 0 Å². The number of quaternary nitrogens is 1. The minimum atomic E-state index is -1.25. The number of carboxylic acids is 1. The third-order valence-electron chi connectivity index (χ3n) is 5.00. The van der Waals surface area contributed by atoms with Crippen LogP contribution < -0.4 is 16.2 Å². The van der Waals surface area contributed by atoms with E-state index in [1.165, 1.54) is 0 Å². The molecule has 5 nitrogen and oxygen atoms in total. The number of hydrogen-bond donors (Lipinski definition) is 2. The van der Waals surface area contributed by atoms with Gasteiger partial charge in [0.2, 0.25) is 5.91 Å². The van der Waals surface area contributed by atoms with Crippen LogP contribution in [0.5, 0.6) is 0 Å². The summed E-state index contributed by atoms with van der Waals surface area (Å²) in [5.41, 5.74) is 5.38. The highest BCUT2D eigenvalue weighted by Crippen LogP contribution is 2.36. The Morgan fingerprint density at radius 3 is 1.52 bits per heavy atom. The number of rotatable bonds is 8. The lowest BCUT2D eigenvalue weighted by Gasteiger charge is -2.37. The number of carbonyl (C=O) groups is 2. The summed E-state index contributed by atoms with van der Waals surface area (Å²) in [6.07, 6.45) is 0.152. The van der Waals surface area contributed by atoms with E-state index in [-0.39, 0.29) is 18.7 Å². The maximum Gasteiger partial charge on any atom is 0.221 e. The Bertz CT molecular complexity index is 847. The van der Waals surface area contributed by atoms with Gasteiger partial charge in [0.15, 0.2) is 0 Å². The largest absolute Gasteiger partial charge is 0.544 e. The Kier molecular flexibility index (Phi) is 6.42. The zero-order valence-electron chi connectivity index (χ0n) is 16.1. The Morgan fingerprint density at radius 2 is 1.17 bits per heavy atom. The summed E-state index contributed by atoms with van der Waals surface area (Å²) < 4.78 is 0. The Balaban J connectivity index is 2.08. The summed E-state index contributed by atoms with van der Waals surface area (Å²) in [6, 6.07) is 28.3. The molecule has 0 aliphatic heterocycles. The summed E-state index contributed by atoms with van der Waals surface area (Å²) in [4.78, 5) is 23.9. The van der Waals surface area contributed by atoms with E-state index in [9.17, 15) is 14.7 Å². The average molecular weight is 388 g/mol. The monoisotopic (exact) mass is 388 g/mol. The van der Waals surface area contributed by atoms with Crippen LogP contribution in [0.1, 0.15) is 29.5 Å². The van der Waals surface area contributed by atoms with E-state index in [1.807, 2.05) is 91.0 Å². The zero-order valence-corrected chi connectivity index (χ0v) is 16.1. The minimum Gasteiger partial charge on any atom is -0.544 e. The van der Waals surface area contributed by atoms with Gasteiger partial charge in [0.05, 0.1) is 5.97 Å². The van der Waals surface area contributed by atoms with E-state index in [1.54, 1.807) is 0 Å². The van der Waals surface area contributed by atoms with Crippen LogP contribution in [-0.2, 0) is 15.1 Å². The van der Waals surface area contributed by atoms with Crippen LogP contribution in [0.15, 0.2) is 91.0 Å². The van der Waals surface area contributed by atoms with Gasteiger partial charge in [-0.05, 0) is 16.7 Å². The highest BCUT2D eigenvalue weighted by atomic mass is 16.4. The molecule has 0 bridgehead atoms. The molecule has 0 unspecified atom stereocenters. The van der Waals surface area contributed by atoms with Crippen LogP contribution in [0, 0.1) is 0 Å². The number of aliphatic carboxylic acids is 1. The zero-order chi connectivity index (χ0) is 20.7. The number of nitrogens with one attached hydrogen (secondary N) is 1. The number of amides is 1. The van der Waals surface area contributed by atoms with Crippen molar-refractivity contribution in [1.82, 2.24) is 5.32 Å². The van der Waals surface area contributed by atoms with Gasteiger partial charge < -0.3 is 21.0 Å². The molecular formula is C24H24N2O3. The van der Waals surface area contributed by atoms with Gasteiger partial charge in [-0.1, -0.05) is 91.0 Å². The molecule has 0 spiro atoms. The Labute approximate surface area is 170 Å². The molecule has 0 heterocycles. The number of hydrogen-bond acceptors (Lipinski definition) is 3. The molecule has 0 aliphatic rings. The van der Waals surface area contributed by atoms with Crippen LogP contribution >= 0.6 is 0 Å². The summed E-state index contributed by atoms with van der Waals surface area (Å²) in [7, 11) is 0. The van der Waals surface area contributed by atoms with Gasteiger partial charge in [-0.3, -0.25) is 4.79 Å². The third-order valence-corrected chi connectivity index (χ3v) is 5.00. The third kappa shape index (κ3) is 4.52. The first-order valence-electron chi connectivity index (χ1n) is 9.55. The van der Waals surface area contributed by atoms with Gasteiger partial charge in [-0.15, -0.1) is 0 Å². The number of carboxylic acid groups (broad SMARTS) is 1. The molecule has 3 rings (SSSR count). The smallest absolute Gasteiger partial charge is 0.221 e. The van der Waals surface area contributed by atoms with Gasteiger partial charge in [-0.25, -0.2) is 0 Å². The molecule has 0 aromatic heterocycles. The molecule has 3 aromatic rings. The molecule has 0 fully saturated rings. The second kappa shape index (κ2) is 9.17. The second-order valence-electron chi connectivity index (χ2n) is 6.95. The molecule has 5 heteroatoms. The van der Waals surface area contributed by atoms with Crippen molar-refractivity contribution in [2.45, 2.75) is 24.4 Å². The van der Waals surface area contributed by atoms with E-state index in [2.05, 4.69) is 11.1 Å². The van der Waals surface area contributed by atoms with E-state index in [0.29, 0.717) is 0 Å². The highest BCUT2D eigenvalue weighted by Gasteiger charge is 2.37. The maximum absolute atomic E-state index is 13.0. The molecule has 148 valence electrons. The van der Waals surface area contributed by atoms with Crippen molar-refractivity contribution < 1.29 is 20.4 Å². The molecule has 1 amide bonds. The summed E-state index contributed by atoms with van der Waals surface area (Å²) in [5.74, 6) is -1.50. The van der Waals surface area contributed by atoms with E-state index in [4.69, 9.17) is 0 Å². The van der Waals surface area contributed by atoms with Gasteiger partial charge in [0.1, 0.15) is 11.6 Å². The number of benzene rings is 3. The summed E-state index contributed by atoms with van der Waals surface area (Å²) in [5, 5.41) is 14.1. The standard InChI is InChI=1S/C24H24N2O3/c25-21(23(28)29)16-17-22(27)26-24(18-10-4-1-5-11-18,19-12-6-2-7-13-19)20-14-8-3-9-15-20/h1-15,21H,16-17,25H2,(H,26,27)(H,28,29)/t21-/m0/s1. The average Bonchev–Trinajstić information content (AvgIpc) is 2.77. The van der Waals surface area contributed by atoms with Gasteiger partial charge in [-0.2, -0.15) is 0 Å². The molecule has 0 saturated carbocycles. The topological polar surface area (TPSA) is 96.9 Å². The quantitative estimate of drug-likeness (QED) is 0.568. The lowest BCUT2D eigenvalue weighted by molar-refractivity contribution is -0.438. The lowest BCUT2D eigenvalue weighted by Crippen LogP contribution is -2.68. The molecule has 1 atom stereocenters. The van der Waals surface area contributed by atoms with Crippen LogP contribution in [0.2, 0.25) is 0 Å². The molecule has 29 heavy (non-hydrogen) atoms. The lowest BCUT2D eigenvalue weighted by atomic mass is 9.77. The first-order chi connectivity index (χ1) is 14.0. The maximum atomic E-state index is 13.0. The molecule has 0 aliphatic carbocycles. The van der Waals surface area contributed by atoms with Crippen molar-refractivity contribution in [2.24, 2.45) is 0 Å². The van der Waals surface area contributed by atoms with Gasteiger partial charge in [0, 0.05) is 12.8 Å². The van der Waals surface area contributed by atoms with Crippen LogP contribution in [-0.4, -0.2) is 17.9 Å². The molecular weight excluding hydrogens is 364 g/mol. The van der Waals surface area contributed by atoms with Gasteiger partial charge >= 0.3 is 0 Å². The van der Waals surface area contributed by atoms with Crippen molar-refractivity contribution in [3.05, 3.63) is 108 Å². The van der Waals surface area contributed by atoms with Crippen molar-refractivity contribution in [1.29, 1.82) is 0 Å². The fourth-order valence-electron chi connectivity index (χ4n) is 3.48. The van der Waals surface area contributed by atoms with Crippen molar-refractivity contribution in [3.63, 3.8) is 0 Å².